The first-order valence-corrected chi connectivity index (χ1v) is 12.9. The lowest BCUT2D eigenvalue weighted by molar-refractivity contribution is -0.137. The number of hydrogen-bond acceptors (Lipinski definition) is 2. The van der Waals surface area contributed by atoms with Crippen molar-refractivity contribution in [3.05, 3.63) is 107 Å². The Labute approximate surface area is 217 Å². The van der Waals surface area contributed by atoms with Crippen LogP contribution in [0.4, 0.5) is 13.2 Å². The third kappa shape index (κ3) is 7.01. The summed E-state index contributed by atoms with van der Waals surface area (Å²) in [6, 6.07) is 23.5. The number of carbonyl (C=O) groups is 1. The van der Waals surface area contributed by atoms with Crippen LogP contribution in [0, 0.1) is 18.8 Å². The van der Waals surface area contributed by atoms with Gasteiger partial charge in [0.2, 0.25) is 0 Å². The molecule has 0 aromatic heterocycles. The molecule has 196 valence electrons. The zero-order valence-corrected chi connectivity index (χ0v) is 21.7. The van der Waals surface area contributed by atoms with Crippen molar-refractivity contribution < 1.29 is 18.0 Å². The number of rotatable bonds is 8. The van der Waals surface area contributed by atoms with E-state index >= 15 is 0 Å². The van der Waals surface area contributed by atoms with Crippen LogP contribution in [0.2, 0.25) is 0 Å². The summed E-state index contributed by atoms with van der Waals surface area (Å²) < 4.78 is 39.0. The van der Waals surface area contributed by atoms with Gasteiger partial charge in [-0.2, -0.15) is 13.2 Å². The second-order valence-corrected chi connectivity index (χ2v) is 10.6. The Morgan fingerprint density at radius 1 is 0.946 bits per heavy atom. The minimum absolute atomic E-state index is 0.0432. The molecule has 0 aliphatic carbocycles. The highest BCUT2D eigenvalue weighted by atomic mass is 19.4. The van der Waals surface area contributed by atoms with Crippen molar-refractivity contribution in [1.82, 2.24) is 9.80 Å². The van der Waals surface area contributed by atoms with Crippen LogP contribution in [0.1, 0.15) is 52.4 Å². The summed E-state index contributed by atoms with van der Waals surface area (Å²) in [5.74, 6) is 0.817. The molecular weight excluding hydrogens is 473 g/mol. The molecule has 4 rings (SSSR count). The van der Waals surface area contributed by atoms with Gasteiger partial charge in [0.25, 0.3) is 5.91 Å². The number of halogens is 3. The van der Waals surface area contributed by atoms with Crippen LogP contribution in [0.5, 0.6) is 0 Å². The quantitative estimate of drug-likeness (QED) is 0.326. The van der Waals surface area contributed by atoms with Gasteiger partial charge in [-0.1, -0.05) is 74.0 Å². The first-order valence-electron chi connectivity index (χ1n) is 12.9. The van der Waals surface area contributed by atoms with Gasteiger partial charge in [-0.05, 0) is 54.2 Å². The Morgan fingerprint density at radius 2 is 1.59 bits per heavy atom. The molecule has 2 atom stereocenters. The molecule has 1 saturated heterocycles. The normalized spacial score (nSPS) is 18.4. The number of amides is 1. The lowest BCUT2D eigenvalue weighted by Crippen LogP contribution is -2.39. The molecule has 3 nitrogen and oxygen atoms in total. The minimum atomic E-state index is -4.33. The molecule has 6 heteroatoms. The van der Waals surface area contributed by atoms with Gasteiger partial charge in [0, 0.05) is 44.2 Å². The summed E-state index contributed by atoms with van der Waals surface area (Å²) in [7, 11) is 0. The van der Waals surface area contributed by atoms with E-state index in [1.54, 1.807) is 12.1 Å². The lowest BCUT2D eigenvalue weighted by Gasteiger charge is -2.30. The Balaban J connectivity index is 1.54. The summed E-state index contributed by atoms with van der Waals surface area (Å²) in [5.41, 5.74) is 3.27. The summed E-state index contributed by atoms with van der Waals surface area (Å²) in [4.78, 5) is 17.8. The first kappa shape index (κ1) is 26.9. The van der Waals surface area contributed by atoms with E-state index in [1.807, 2.05) is 54.3 Å². The molecule has 1 heterocycles. The maximum atomic E-state index is 13.5. The third-order valence-electron chi connectivity index (χ3n) is 7.06. The van der Waals surface area contributed by atoms with Crippen molar-refractivity contribution in [2.45, 2.75) is 39.4 Å². The molecule has 0 radical (unpaired) electrons. The molecule has 0 bridgehead atoms. The molecule has 0 saturated carbocycles. The zero-order valence-electron chi connectivity index (χ0n) is 21.7. The van der Waals surface area contributed by atoms with Gasteiger partial charge < -0.3 is 4.90 Å². The monoisotopic (exact) mass is 508 g/mol. The first-order chi connectivity index (χ1) is 17.6. The second-order valence-electron chi connectivity index (χ2n) is 10.6. The topological polar surface area (TPSA) is 23.6 Å². The zero-order chi connectivity index (χ0) is 26.6. The molecule has 1 amide bonds. The molecule has 37 heavy (non-hydrogen) atoms. The predicted octanol–water partition coefficient (Wildman–Crippen LogP) is 7.03. The molecule has 1 fully saturated rings. The van der Waals surface area contributed by atoms with Gasteiger partial charge in [0.05, 0.1) is 5.56 Å². The Hall–Kier alpha value is -3.12. The van der Waals surface area contributed by atoms with Crippen LogP contribution in [-0.4, -0.2) is 41.9 Å². The smallest absolute Gasteiger partial charge is 0.338 e. The molecule has 3 aromatic rings. The maximum absolute atomic E-state index is 13.5. The van der Waals surface area contributed by atoms with E-state index in [0.29, 0.717) is 31.1 Å². The largest absolute Gasteiger partial charge is 0.416 e. The van der Waals surface area contributed by atoms with Crippen molar-refractivity contribution in [3.63, 3.8) is 0 Å². The molecule has 0 spiro atoms. The van der Waals surface area contributed by atoms with E-state index in [1.165, 1.54) is 5.56 Å². The van der Waals surface area contributed by atoms with Gasteiger partial charge in [-0.3, -0.25) is 9.69 Å². The average molecular weight is 509 g/mol. The van der Waals surface area contributed by atoms with Crippen molar-refractivity contribution in [1.29, 1.82) is 0 Å². The number of alkyl halides is 3. The molecular formula is C31H35F3N2O. The van der Waals surface area contributed by atoms with Crippen LogP contribution >= 0.6 is 0 Å². The van der Waals surface area contributed by atoms with Crippen molar-refractivity contribution in [2.24, 2.45) is 11.8 Å². The SMILES string of the molecule is Cc1ccc(C(=O)N(CC(C)C)C[C@H]2CN(Cc3ccc(C(F)(F)F)cc3)C[C@@H]2c2ccccc2)cc1. The lowest BCUT2D eigenvalue weighted by atomic mass is 9.88. The molecule has 3 aromatic carbocycles. The molecule has 1 aliphatic rings. The predicted molar refractivity (Wildman–Crippen MR) is 141 cm³/mol. The number of aryl methyl sites for hydroxylation is 1. The van der Waals surface area contributed by atoms with Gasteiger partial charge in [-0.15, -0.1) is 0 Å². The summed E-state index contributed by atoms with van der Waals surface area (Å²) >= 11 is 0. The molecule has 1 aliphatic heterocycles. The van der Waals surface area contributed by atoms with E-state index in [2.05, 4.69) is 30.9 Å². The van der Waals surface area contributed by atoms with E-state index in [-0.39, 0.29) is 17.7 Å². The highest BCUT2D eigenvalue weighted by Crippen LogP contribution is 2.35. The Bertz CT molecular complexity index is 1160. The number of benzene rings is 3. The molecule has 0 unspecified atom stereocenters. The van der Waals surface area contributed by atoms with E-state index < -0.39 is 11.7 Å². The molecule has 0 N–H and O–H groups in total. The van der Waals surface area contributed by atoms with Crippen LogP contribution in [-0.2, 0) is 12.7 Å². The van der Waals surface area contributed by atoms with E-state index in [0.717, 1.165) is 36.3 Å². The standard InChI is InChI=1S/C31H35F3N2O/c1-22(2)17-36(30(37)26-13-9-23(3)10-14-26)20-27-19-35(21-29(27)25-7-5-4-6-8-25)18-24-11-15-28(16-12-24)31(32,33)34/h4-16,22,27,29H,17-21H2,1-3H3/t27-,29-/m1/s1. The number of carbonyl (C=O) groups excluding carboxylic acids is 1. The highest BCUT2D eigenvalue weighted by molar-refractivity contribution is 5.94. The summed E-state index contributed by atoms with van der Waals surface area (Å²) in [6.45, 7) is 9.70. The van der Waals surface area contributed by atoms with E-state index in [4.69, 9.17) is 0 Å². The third-order valence-corrected chi connectivity index (χ3v) is 7.06. The van der Waals surface area contributed by atoms with Gasteiger partial charge in [0.15, 0.2) is 0 Å². The van der Waals surface area contributed by atoms with Crippen LogP contribution < -0.4 is 0 Å². The second kappa shape index (κ2) is 11.5. The number of hydrogen-bond donors (Lipinski definition) is 0. The van der Waals surface area contributed by atoms with Crippen molar-refractivity contribution >= 4 is 5.91 Å². The fourth-order valence-electron chi connectivity index (χ4n) is 5.25. The average Bonchev–Trinajstić information content (AvgIpc) is 3.25. The number of nitrogens with zero attached hydrogens (tertiary/aromatic N) is 2. The van der Waals surface area contributed by atoms with Crippen LogP contribution in [0.15, 0.2) is 78.9 Å². The van der Waals surface area contributed by atoms with Gasteiger partial charge in [-0.25, -0.2) is 0 Å². The van der Waals surface area contributed by atoms with Crippen LogP contribution in [0.3, 0.4) is 0 Å². The summed E-state index contributed by atoms with van der Waals surface area (Å²) in [5, 5.41) is 0. The van der Waals surface area contributed by atoms with Gasteiger partial charge >= 0.3 is 6.18 Å². The summed E-state index contributed by atoms with van der Waals surface area (Å²) in [6.07, 6.45) is -4.33. The van der Waals surface area contributed by atoms with E-state index in [9.17, 15) is 18.0 Å². The minimum Gasteiger partial charge on any atom is -0.338 e. The number of likely N-dealkylation sites (tertiary alicyclic amines) is 1. The maximum Gasteiger partial charge on any atom is 0.416 e. The highest BCUT2D eigenvalue weighted by Gasteiger charge is 2.36. The van der Waals surface area contributed by atoms with Crippen LogP contribution in [0.25, 0.3) is 0 Å². The fourth-order valence-corrected chi connectivity index (χ4v) is 5.25. The Morgan fingerprint density at radius 3 is 2.19 bits per heavy atom. The van der Waals surface area contributed by atoms with Crippen molar-refractivity contribution in [2.75, 3.05) is 26.2 Å². The fraction of sp³-hybridized carbons (Fsp3) is 0.387. The van der Waals surface area contributed by atoms with Gasteiger partial charge in [0.1, 0.15) is 0 Å². The van der Waals surface area contributed by atoms with Crippen molar-refractivity contribution in [3.8, 4) is 0 Å². The Kier molecular flexibility index (Phi) is 8.38.